The second-order valence-electron chi connectivity index (χ2n) is 4.16. The zero-order valence-corrected chi connectivity index (χ0v) is 10.4. The standard InChI is InChI=1S/C14H19NO2/c1-15-12(7-5-9-16-2)14-10-11-6-3-4-8-13(11)17-14/h3-4,6,8,10,12,15H,5,7,9H2,1-2H3. The van der Waals surface area contributed by atoms with Crippen LogP contribution in [0.3, 0.4) is 0 Å². The molecule has 0 aliphatic heterocycles. The highest BCUT2D eigenvalue weighted by molar-refractivity contribution is 5.77. The molecule has 3 nitrogen and oxygen atoms in total. The fraction of sp³-hybridized carbons (Fsp3) is 0.429. The van der Waals surface area contributed by atoms with E-state index < -0.39 is 0 Å². The minimum atomic E-state index is 0.262. The number of hydrogen-bond acceptors (Lipinski definition) is 3. The van der Waals surface area contributed by atoms with E-state index in [9.17, 15) is 0 Å². The van der Waals surface area contributed by atoms with Gasteiger partial charge in [-0.15, -0.1) is 0 Å². The van der Waals surface area contributed by atoms with Gasteiger partial charge in [-0.05, 0) is 32.0 Å². The third-order valence-electron chi connectivity index (χ3n) is 2.98. The fourth-order valence-corrected chi connectivity index (χ4v) is 2.03. The summed E-state index contributed by atoms with van der Waals surface area (Å²) >= 11 is 0. The average molecular weight is 233 g/mol. The zero-order valence-electron chi connectivity index (χ0n) is 10.4. The largest absolute Gasteiger partial charge is 0.459 e. The van der Waals surface area contributed by atoms with Gasteiger partial charge in [0, 0.05) is 19.1 Å². The van der Waals surface area contributed by atoms with Crippen molar-refractivity contribution in [2.24, 2.45) is 0 Å². The number of hydrogen-bond donors (Lipinski definition) is 1. The number of methoxy groups -OCH3 is 1. The van der Waals surface area contributed by atoms with E-state index in [0.717, 1.165) is 36.2 Å². The highest BCUT2D eigenvalue weighted by atomic mass is 16.5. The van der Waals surface area contributed by atoms with E-state index in [4.69, 9.17) is 9.15 Å². The molecule has 1 N–H and O–H groups in total. The smallest absolute Gasteiger partial charge is 0.134 e. The van der Waals surface area contributed by atoms with E-state index in [1.54, 1.807) is 7.11 Å². The van der Waals surface area contributed by atoms with E-state index in [1.807, 2.05) is 25.2 Å². The second kappa shape index (κ2) is 5.84. The van der Waals surface area contributed by atoms with Crippen molar-refractivity contribution in [1.82, 2.24) is 5.32 Å². The quantitative estimate of drug-likeness (QED) is 0.778. The van der Waals surface area contributed by atoms with Crippen LogP contribution in [0.5, 0.6) is 0 Å². The van der Waals surface area contributed by atoms with E-state index in [1.165, 1.54) is 0 Å². The average Bonchev–Trinajstić information content (AvgIpc) is 2.78. The van der Waals surface area contributed by atoms with E-state index in [-0.39, 0.29) is 6.04 Å². The van der Waals surface area contributed by atoms with Crippen molar-refractivity contribution < 1.29 is 9.15 Å². The van der Waals surface area contributed by atoms with Gasteiger partial charge in [0.2, 0.25) is 0 Å². The molecule has 0 aliphatic rings. The van der Waals surface area contributed by atoms with Crippen LogP contribution in [0, 0.1) is 0 Å². The van der Waals surface area contributed by atoms with Gasteiger partial charge in [-0.3, -0.25) is 0 Å². The van der Waals surface area contributed by atoms with Crippen LogP contribution in [-0.2, 0) is 4.74 Å². The second-order valence-corrected chi connectivity index (χ2v) is 4.16. The molecule has 0 saturated heterocycles. The van der Waals surface area contributed by atoms with Crippen molar-refractivity contribution in [3.8, 4) is 0 Å². The van der Waals surface area contributed by atoms with Gasteiger partial charge >= 0.3 is 0 Å². The first-order valence-electron chi connectivity index (χ1n) is 6.00. The Balaban J connectivity index is 2.12. The Hall–Kier alpha value is -1.32. The molecule has 0 saturated carbocycles. The molecule has 1 aromatic carbocycles. The summed E-state index contributed by atoms with van der Waals surface area (Å²) in [7, 11) is 3.69. The predicted octanol–water partition coefficient (Wildman–Crippen LogP) is 3.12. The van der Waals surface area contributed by atoms with Gasteiger partial charge in [0.25, 0.3) is 0 Å². The summed E-state index contributed by atoms with van der Waals surface area (Å²) in [6.45, 7) is 0.790. The van der Waals surface area contributed by atoms with E-state index in [0.29, 0.717) is 0 Å². The van der Waals surface area contributed by atoms with Crippen molar-refractivity contribution in [2.45, 2.75) is 18.9 Å². The Morgan fingerprint density at radius 1 is 1.35 bits per heavy atom. The van der Waals surface area contributed by atoms with Crippen LogP contribution in [0.25, 0.3) is 11.0 Å². The first kappa shape index (κ1) is 12.1. The number of para-hydroxylation sites is 1. The summed E-state index contributed by atoms with van der Waals surface area (Å²) in [5, 5.41) is 4.45. The Kier molecular flexibility index (Phi) is 4.18. The summed E-state index contributed by atoms with van der Waals surface area (Å²) in [5.74, 6) is 1.00. The number of nitrogens with one attached hydrogen (secondary N) is 1. The number of rotatable bonds is 6. The lowest BCUT2D eigenvalue weighted by Crippen LogP contribution is -2.16. The molecule has 92 valence electrons. The predicted molar refractivity (Wildman–Crippen MR) is 69.1 cm³/mol. The Morgan fingerprint density at radius 2 is 2.18 bits per heavy atom. The highest BCUT2D eigenvalue weighted by Gasteiger charge is 2.13. The van der Waals surface area contributed by atoms with E-state index >= 15 is 0 Å². The molecule has 1 atom stereocenters. The highest BCUT2D eigenvalue weighted by Crippen LogP contribution is 2.26. The van der Waals surface area contributed by atoms with Crippen molar-refractivity contribution in [3.05, 3.63) is 36.1 Å². The van der Waals surface area contributed by atoms with Gasteiger partial charge in [-0.2, -0.15) is 0 Å². The molecule has 0 spiro atoms. The van der Waals surface area contributed by atoms with Crippen LogP contribution >= 0.6 is 0 Å². The van der Waals surface area contributed by atoms with Crippen molar-refractivity contribution in [3.63, 3.8) is 0 Å². The van der Waals surface area contributed by atoms with Crippen LogP contribution < -0.4 is 5.32 Å². The molecule has 3 heteroatoms. The first-order chi connectivity index (χ1) is 8.35. The molecule has 0 bridgehead atoms. The summed E-state index contributed by atoms with van der Waals surface area (Å²) in [4.78, 5) is 0. The molecule has 2 rings (SSSR count). The molecule has 2 aromatic rings. The third-order valence-corrected chi connectivity index (χ3v) is 2.98. The van der Waals surface area contributed by atoms with Crippen molar-refractivity contribution >= 4 is 11.0 Å². The lowest BCUT2D eigenvalue weighted by Gasteiger charge is -2.12. The topological polar surface area (TPSA) is 34.4 Å². The summed E-state index contributed by atoms with van der Waals surface area (Å²) in [5.41, 5.74) is 0.953. The molecule has 1 heterocycles. The number of ether oxygens (including phenoxy) is 1. The molecule has 0 fully saturated rings. The SMILES string of the molecule is CNC(CCCOC)c1cc2ccccc2o1. The van der Waals surface area contributed by atoms with Crippen molar-refractivity contribution in [2.75, 3.05) is 20.8 Å². The number of fused-ring (bicyclic) bond motifs is 1. The Morgan fingerprint density at radius 3 is 2.88 bits per heavy atom. The minimum Gasteiger partial charge on any atom is -0.459 e. The molecule has 1 unspecified atom stereocenters. The van der Waals surface area contributed by atoms with Crippen LogP contribution in [0.4, 0.5) is 0 Å². The van der Waals surface area contributed by atoms with Gasteiger partial charge in [-0.1, -0.05) is 18.2 Å². The van der Waals surface area contributed by atoms with E-state index in [2.05, 4.69) is 17.4 Å². The molecular weight excluding hydrogens is 214 g/mol. The third kappa shape index (κ3) is 2.87. The zero-order chi connectivity index (χ0) is 12.1. The summed E-state index contributed by atoms with van der Waals surface area (Å²) in [6.07, 6.45) is 2.04. The molecule has 0 aliphatic carbocycles. The maximum atomic E-state index is 5.85. The lowest BCUT2D eigenvalue weighted by atomic mass is 10.1. The number of furan rings is 1. The molecule has 1 aromatic heterocycles. The van der Waals surface area contributed by atoms with Gasteiger partial charge < -0.3 is 14.5 Å². The Bertz CT molecular complexity index is 431. The number of benzene rings is 1. The maximum Gasteiger partial charge on any atom is 0.134 e. The van der Waals surface area contributed by atoms with Gasteiger partial charge in [0.15, 0.2) is 0 Å². The van der Waals surface area contributed by atoms with Gasteiger partial charge in [-0.25, -0.2) is 0 Å². The molecule has 0 amide bonds. The monoisotopic (exact) mass is 233 g/mol. The van der Waals surface area contributed by atoms with Gasteiger partial charge in [0.05, 0.1) is 6.04 Å². The molecule has 17 heavy (non-hydrogen) atoms. The lowest BCUT2D eigenvalue weighted by molar-refractivity contribution is 0.188. The van der Waals surface area contributed by atoms with Crippen LogP contribution in [0.15, 0.2) is 34.7 Å². The van der Waals surface area contributed by atoms with Crippen LogP contribution in [0.1, 0.15) is 24.6 Å². The summed E-state index contributed by atoms with van der Waals surface area (Å²) in [6, 6.07) is 10.5. The molecular formula is C14H19NO2. The first-order valence-corrected chi connectivity index (χ1v) is 6.00. The normalized spacial score (nSPS) is 13.1. The van der Waals surface area contributed by atoms with Crippen LogP contribution in [0.2, 0.25) is 0 Å². The van der Waals surface area contributed by atoms with Gasteiger partial charge in [0.1, 0.15) is 11.3 Å². The Labute approximate surface area is 102 Å². The van der Waals surface area contributed by atoms with Crippen molar-refractivity contribution in [1.29, 1.82) is 0 Å². The molecule has 0 radical (unpaired) electrons. The maximum absolute atomic E-state index is 5.85. The van der Waals surface area contributed by atoms with Crippen LogP contribution in [-0.4, -0.2) is 20.8 Å². The fourth-order valence-electron chi connectivity index (χ4n) is 2.03. The minimum absolute atomic E-state index is 0.262. The summed E-state index contributed by atoms with van der Waals surface area (Å²) < 4.78 is 10.9.